The van der Waals surface area contributed by atoms with Crippen molar-refractivity contribution in [2.75, 3.05) is 20.3 Å². The van der Waals surface area contributed by atoms with Gasteiger partial charge in [-0.3, -0.25) is 4.79 Å². The fourth-order valence-electron chi connectivity index (χ4n) is 3.08. The molecule has 0 saturated carbocycles. The first kappa shape index (κ1) is 9.97. The molecule has 2 saturated heterocycles. The molecular formula is C11H19NO2. The van der Waals surface area contributed by atoms with Gasteiger partial charge >= 0.3 is 0 Å². The van der Waals surface area contributed by atoms with Crippen molar-refractivity contribution >= 4 is 5.91 Å². The summed E-state index contributed by atoms with van der Waals surface area (Å²) in [7, 11) is 1.93. The van der Waals surface area contributed by atoms with Gasteiger partial charge in [0, 0.05) is 20.1 Å². The standard InChI is InChI=1S/C11H19NO2/c1-8(2)11-7-14-5-4-9(11)6-10(13)12(11)3/h8-9H,4-7H2,1-3H3. The van der Waals surface area contributed by atoms with E-state index in [1.54, 1.807) is 0 Å². The van der Waals surface area contributed by atoms with Gasteiger partial charge in [-0.25, -0.2) is 0 Å². The Morgan fingerprint density at radius 1 is 1.57 bits per heavy atom. The van der Waals surface area contributed by atoms with Crippen molar-refractivity contribution in [2.24, 2.45) is 11.8 Å². The van der Waals surface area contributed by atoms with E-state index in [1.165, 1.54) is 0 Å². The van der Waals surface area contributed by atoms with Crippen LogP contribution < -0.4 is 0 Å². The molecule has 3 heteroatoms. The van der Waals surface area contributed by atoms with Crippen LogP contribution in [0.3, 0.4) is 0 Å². The van der Waals surface area contributed by atoms with Crippen LogP contribution in [0.4, 0.5) is 0 Å². The van der Waals surface area contributed by atoms with Gasteiger partial charge in [0.25, 0.3) is 0 Å². The first-order valence-corrected chi connectivity index (χ1v) is 5.43. The Hall–Kier alpha value is -0.570. The third-order valence-electron chi connectivity index (χ3n) is 4.07. The van der Waals surface area contributed by atoms with Crippen molar-refractivity contribution in [1.29, 1.82) is 0 Å². The Kier molecular flexibility index (Phi) is 2.30. The van der Waals surface area contributed by atoms with Crippen LogP contribution >= 0.6 is 0 Å². The molecule has 2 aliphatic rings. The summed E-state index contributed by atoms with van der Waals surface area (Å²) in [5.41, 5.74) is -0.0185. The Morgan fingerprint density at radius 3 is 2.86 bits per heavy atom. The van der Waals surface area contributed by atoms with Crippen molar-refractivity contribution in [3.8, 4) is 0 Å². The van der Waals surface area contributed by atoms with Crippen molar-refractivity contribution in [2.45, 2.75) is 32.2 Å². The minimum absolute atomic E-state index is 0.0185. The Bertz CT molecular complexity index is 252. The molecule has 2 unspecified atom stereocenters. The molecule has 0 bridgehead atoms. The Balaban J connectivity index is 2.34. The second kappa shape index (κ2) is 3.23. The monoisotopic (exact) mass is 197 g/mol. The lowest BCUT2D eigenvalue weighted by Crippen LogP contribution is -2.57. The summed E-state index contributed by atoms with van der Waals surface area (Å²) in [6.07, 6.45) is 1.76. The predicted octanol–water partition coefficient (Wildman–Crippen LogP) is 1.28. The van der Waals surface area contributed by atoms with Crippen LogP contribution in [0.1, 0.15) is 26.7 Å². The number of nitrogens with zero attached hydrogens (tertiary/aromatic N) is 1. The molecule has 0 N–H and O–H groups in total. The SMILES string of the molecule is CC(C)C12COCCC1CC(=O)N2C. The average Bonchev–Trinajstić information content (AvgIpc) is 2.41. The van der Waals surface area contributed by atoms with Gasteiger partial charge in [-0.2, -0.15) is 0 Å². The van der Waals surface area contributed by atoms with E-state index in [1.807, 2.05) is 11.9 Å². The quantitative estimate of drug-likeness (QED) is 0.633. The molecule has 2 heterocycles. The molecule has 2 fully saturated rings. The summed E-state index contributed by atoms with van der Waals surface area (Å²) >= 11 is 0. The van der Waals surface area contributed by atoms with Crippen molar-refractivity contribution in [3.63, 3.8) is 0 Å². The minimum atomic E-state index is -0.0185. The number of likely N-dealkylation sites (tertiary alicyclic amines) is 1. The normalized spacial score (nSPS) is 37.9. The molecule has 0 aromatic heterocycles. The Labute approximate surface area is 85.4 Å². The lowest BCUT2D eigenvalue weighted by molar-refractivity contribution is -0.135. The summed E-state index contributed by atoms with van der Waals surface area (Å²) in [5, 5.41) is 0. The smallest absolute Gasteiger partial charge is 0.223 e. The highest BCUT2D eigenvalue weighted by Crippen LogP contribution is 2.44. The number of ether oxygens (including phenoxy) is 1. The van der Waals surface area contributed by atoms with E-state index in [9.17, 15) is 4.79 Å². The topological polar surface area (TPSA) is 29.5 Å². The van der Waals surface area contributed by atoms with Gasteiger partial charge in [0.05, 0.1) is 12.1 Å². The van der Waals surface area contributed by atoms with Crippen LogP contribution in [0.15, 0.2) is 0 Å². The first-order chi connectivity index (χ1) is 6.59. The third-order valence-corrected chi connectivity index (χ3v) is 4.07. The highest BCUT2D eigenvalue weighted by atomic mass is 16.5. The van der Waals surface area contributed by atoms with Gasteiger partial charge < -0.3 is 9.64 Å². The van der Waals surface area contributed by atoms with E-state index in [4.69, 9.17) is 4.74 Å². The number of carbonyl (C=O) groups is 1. The van der Waals surface area contributed by atoms with Gasteiger partial charge in [-0.05, 0) is 18.3 Å². The maximum atomic E-state index is 11.7. The summed E-state index contributed by atoms with van der Waals surface area (Å²) in [6, 6.07) is 0. The molecule has 80 valence electrons. The zero-order chi connectivity index (χ0) is 10.3. The maximum Gasteiger partial charge on any atom is 0.223 e. The lowest BCUT2D eigenvalue weighted by Gasteiger charge is -2.46. The number of hydrogen-bond acceptors (Lipinski definition) is 2. The van der Waals surface area contributed by atoms with Crippen LogP contribution in [0.2, 0.25) is 0 Å². The van der Waals surface area contributed by atoms with E-state index in [0.29, 0.717) is 11.8 Å². The largest absolute Gasteiger partial charge is 0.379 e. The number of fused-ring (bicyclic) bond motifs is 1. The fourth-order valence-corrected chi connectivity index (χ4v) is 3.08. The number of hydrogen-bond donors (Lipinski definition) is 0. The summed E-state index contributed by atoms with van der Waals surface area (Å²) in [4.78, 5) is 13.7. The van der Waals surface area contributed by atoms with Crippen LogP contribution in [0.5, 0.6) is 0 Å². The first-order valence-electron chi connectivity index (χ1n) is 5.43. The maximum absolute atomic E-state index is 11.7. The second-order valence-corrected chi connectivity index (χ2v) is 4.84. The molecule has 0 aromatic carbocycles. The van der Waals surface area contributed by atoms with Crippen LogP contribution in [-0.4, -0.2) is 36.6 Å². The summed E-state index contributed by atoms with van der Waals surface area (Å²) in [6.45, 7) is 5.92. The van der Waals surface area contributed by atoms with Crippen molar-refractivity contribution < 1.29 is 9.53 Å². The average molecular weight is 197 g/mol. The molecule has 2 aliphatic heterocycles. The molecule has 1 amide bonds. The molecule has 0 aromatic rings. The molecule has 14 heavy (non-hydrogen) atoms. The molecule has 3 nitrogen and oxygen atoms in total. The molecule has 0 radical (unpaired) electrons. The van der Waals surface area contributed by atoms with E-state index in [-0.39, 0.29) is 11.4 Å². The van der Waals surface area contributed by atoms with Gasteiger partial charge in [0.1, 0.15) is 0 Å². The predicted molar refractivity (Wildman–Crippen MR) is 53.9 cm³/mol. The fraction of sp³-hybridized carbons (Fsp3) is 0.909. The van der Waals surface area contributed by atoms with Crippen LogP contribution in [-0.2, 0) is 9.53 Å². The molecule has 2 rings (SSSR count). The molecular weight excluding hydrogens is 178 g/mol. The van der Waals surface area contributed by atoms with Crippen LogP contribution in [0.25, 0.3) is 0 Å². The van der Waals surface area contributed by atoms with Gasteiger partial charge in [-0.1, -0.05) is 13.8 Å². The summed E-state index contributed by atoms with van der Waals surface area (Å²) < 4.78 is 5.57. The van der Waals surface area contributed by atoms with Gasteiger partial charge in [0.15, 0.2) is 0 Å². The second-order valence-electron chi connectivity index (χ2n) is 4.84. The Morgan fingerprint density at radius 2 is 2.29 bits per heavy atom. The van der Waals surface area contributed by atoms with E-state index < -0.39 is 0 Å². The van der Waals surface area contributed by atoms with Crippen molar-refractivity contribution in [1.82, 2.24) is 4.90 Å². The van der Waals surface area contributed by atoms with Gasteiger partial charge in [0.2, 0.25) is 5.91 Å². The highest BCUT2D eigenvalue weighted by molar-refractivity contribution is 5.80. The van der Waals surface area contributed by atoms with Gasteiger partial charge in [-0.15, -0.1) is 0 Å². The number of likely N-dealkylation sites (N-methyl/N-ethyl adjacent to an activating group) is 1. The van der Waals surface area contributed by atoms with Crippen molar-refractivity contribution in [3.05, 3.63) is 0 Å². The van der Waals surface area contributed by atoms with Crippen LogP contribution in [0, 0.1) is 11.8 Å². The number of rotatable bonds is 1. The molecule has 2 atom stereocenters. The zero-order valence-electron chi connectivity index (χ0n) is 9.25. The number of carbonyl (C=O) groups excluding carboxylic acids is 1. The number of amides is 1. The highest BCUT2D eigenvalue weighted by Gasteiger charge is 2.54. The van der Waals surface area contributed by atoms with E-state index >= 15 is 0 Å². The zero-order valence-corrected chi connectivity index (χ0v) is 9.25. The minimum Gasteiger partial charge on any atom is -0.379 e. The summed E-state index contributed by atoms with van der Waals surface area (Å²) in [5.74, 6) is 1.27. The lowest BCUT2D eigenvalue weighted by atomic mass is 9.74. The third kappa shape index (κ3) is 1.11. The van der Waals surface area contributed by atoms with E-state index in [2.05, 4.69) is 13.8 Å². The van der Waals surface area contributed by atoms with E-state index in [0.717, 1.165) is 26.1 Å². The molecule has 0 aliphatic carbocycles. The molecule has 0 spiro atoms.